The largest absolute Gasteiger partial charge is 0.393 e. The average Bonchev–Trinajstić information content (AvgIpc) is 2.82. The van der Waals surface area contributed by atoms with E-state index in [4.69, 9.17) is 23.2 Å². The molecule has 1 N–H and O–H groups in total. The molecule has 2 unspecified atom stereocenters. The van der Waals surface area contributed by atoms with Crippen LogP contribution in [0.25, 0.3) is 0 Å². The Morgan fingerprint density at radius 1 is 1.53 bits per heavy atom. The van der Waals surface area contributed by atoms with Crippen molar-refractivity contribution in [2.45, 2.75) is 25.9 Å². The SMILES string of the molecule is CC(O)C1CCN(C(=O)Cc2ccc(Cl)cc2Cl)C1. The third-order valence-electron chi connectivity index (χ3n) is 3.62. The van der Waals surface area contributed by atoms with Gasteiger partial charge in [-0.05, 0) is 31.0 Å². The van der Waals surface area contributed by atoms with E-state index in [0.29, 0.717) is 23.1 Å². The molecule has 19 heavy (non-hydrogen) atoms. The number of benzene rings is 1. The first-order chi connectivity index (χ1) is 8.97. The molecule has 0 aliphatic carbocycles. The fourth-order valence-corrected chi connectivity index (χ4v) is 2.82. The number of nitrogens with zero attached hydrogens (tertiary/aromatic N) is 1. The molecule has 2 atom stereocenters. The van der Waals surface area contributed by atoms with Gasteiger partial charge >= 0.3 is 0 Å². The summed E-state index contributed by atoms with van der Waals surface area (Å²) in [5, 5.41) is 10.6. The van der Waals surface area contributed by atoms with Crippen LogP contribution in [0.15, 0.2) is 18.2 Å². The smallest absolute Gasteiger partial charge is 0.227 e. The number of amides is 1. The first-order valence-electron chi connectivity index (χ1n) is 6.37. The molecule has 1 amide bonds. The van der Waals surface area contributed by atoms with Crippen LogP contribution < -0.4 is 0 Å². The molecule has 1 aromatic rings. The zero-order chi connectivity index (χ0) is 14.0. The second kappa shape index (κ2) is 6.12. The van der Waals surface area contributed by atoms with E-state index in [1.165, 1.54) is 0 Å². The number of aliphatic hydroxyl groups is 1. The van der Waals surface area contributed by atoms with Crippen molar-refractivity contribution in [3.8, 4) is 0 Å². The minimum atomic E-state index is -0.364. The van der Waals surface area contributed by atoms with Gasteiger partial charge in [0.1, 0.15) is 0 Å². The molecule has 0 saturated carbocycles. The molecule has 1 fully saturated rings. The van der Waals surface area contributed by atoms with Gasteiger partial charge in [-0.2, -0.15) is 0 Å². The summed E-state index contributed by atoms with van der Waals surface area (Å²) >= 11 is 11.9. The quantitative estimate of drug-likeness (QED) is 0.932. The summed E-state index contributed by atoms with van der Waals surface area (Å²) in [5.74, 6) is 0.233. The van der Waals surface area contributed by atoms with Gasteiger partial charge in [-0.15, -0.1) is 0 Å². The first kappa shape index (κ1) is 14.6. The maximum Gasteiger partial charge on any atom is 0.227 e. The van der Waals surface area contributed by atoms with E-state index in [1.807, 2.05) is 0 Å². The van der Waals surface area contributed by atoms with E-state index in [-0.39, 0.29) is 24.3 Å². The second-order valence-corrected chi connectivity index (χ2v) is 5.89. The molecular weight excluding hydrogens is 285 g/mol. The average molecular weight is 302 g/mol. The van der Waals surface area contributed by atoms with Crippen molar-refractivity contribution >= 4 is 29.1 Å². The fraction of sp³-hybridized carbons (Fsp3) is 0.500. The summed E-state index contributed by atoms with van der Waals surface area (Å²) in [4.78, 5) is 14.0. The Balaban J connectivity index is 1.98. The van der Waals surface area contributed by atoms with Gasteiger partial charge in [-0.3, -0.25) is 4.79 Å². The lowest BCUT2D eigenvalue weighted by Gasteiger charge is -2.18. The summed E-state index contributed by atoms with van der Waals surface area (Å²) < 4.78 is 0. The van der Waals surface area contributed by atoms with Gasteiger partial charge in [-0.25, -0.2) is 0 Å². The van der Waals surface area contributed by atoms with E-state index >= 15 is 0 Å². The molecule has 3 nitrogen and oxygen atoms in total. The molecule has 1 aliphatic rings. The molecule has 1 saturated heterocycles. The Bertz CT molecular complexity index is 477. The molecule has 1 aliphatic heterocycles. The minimum absolute atomic E-state index is 0.0485. The molecule has 104 valence electrons. The van der Waals surface area contributed by atoms with Crippen LogP contribution in [0.1, 0.15) is 18.9 Å². The highest BCUT2D eigenvalue weighted by molar-refractivity contribution is 6.35. The van der Waals surface area contributed by atoms with Crippen molar-refractivity contribution in [3.05, 3.63) is 33.8 Å². The lowest BCUT2D eigenvalue weighted by atomic mass is 10.0. The van der Waals surface area contributed by atoms with Crippen LogP contribution in [-0.4, -0.2) is 35.1 Å². The molecule has 0 radical (unpaired) electrons. The molecular formula is C14H17Cl2NO2. The minimum Gasteiger partial charge on any atom is -0.393 e. The Kier molecular flexibility index (Phi) is 4.71. The number of halogens is 2. The van der Waals surface area contributed by atoms with Crippen molar-refractivity contribution in [1.82, 2.24) is 4.90 Å². The molecule has 5 heteroatoms. The summed E-state index contributed by atoms with van der Waals surface area (Å²) in [5.41, 5.74) is 0.788. The van der Waals surface area contributed by atoms with E-state index in [0.717, 1.165) is 12.0 Å². The summed E-state index contributed by atoms with van der Waals surface area (Å²) in [7, 11) is 0. The van der Waals surface area contributed by atoms with Gasteiger partial charge in [0.15, 0.2) is 0 Å². The van der Waals surface area contributed by atoms with Crippen molar-refractivity contribution in [2.24, 2.45) is 5.92 Å². The molecule has 0 aromatic heterocycles. The lowest BCUT2D eigenvalue weighted by Crippen LogP contribution is -2.31. The number of hydrogen-bond acceptors (Lipinski definition) is 2. The van der Waals surface area contributed by atoms with E-state index in [2.05, 4.69) is 0 Å². The third kappa shape index (κ3) is 3.62. The van der Waals surface area contributed by atoms with Crippen molar-refractivity contribution in [3.63, 3.8) is 0 Å². The van der Waals surface area contributed by atoms with Gasteiger partial charge in [0, 0.05) is 29.1 Å². The van der Waals surface area contributed by atoms with E-state index in [9.17, 15) is 9.90 Å². The Morgan fingerprint density at radius 2 is 2.26 bits per heavy atom. The van der Waals surface area contributed by atoms with Gasteiger partial charge in [-0.1, -0.05) is 29.3 Å². The predicted octanol–water partition coefficient (Wildman–Crippen LogP) is 2.77. The fourth-order valence-electron chi connectivity index (χ4n) is 2.35. The molecule has 1 aromatic carbocycles. The number of carbonyl (C=O) groups excluding carboxylic acids is 1. The van der Waals surface area contributed by atoms with Crippen molar-refractivity contribution in [2.75, 3.05) is 13.1 Å². The standard InChI is InChI=1S/C14H17Cl2NO2/c1-9(18)11-4-5-17(8-11)14(19)6-10-2-3-12(15)7-13(10)16/h2-3,7,9,11,18H,4-6,8H2,1H3. The van der Waals surface area contributed by atoms with Crippen molar-refractivity contribution < 1.29 is 9.90 Å². The number of hydrogen-bond donors (Lipinski definition) is 1. The van der Waals surface area contributed by atoms with Crippen LogP contribution in [0.5, 0.6) is 0 Å². The third-order valence-corrected chi connectivity index (χ3v) is 4.20. The first-order valence-corrected chi connectivity index (χ1v) is 7.12. The van der Waals surface area contributed by atoms with Crippen LogP contribution >= 0.6 is 23.2 Å². The monoisotopic (exact) mass is 301 g/mol. The summed E-state index contributed by atoms with van der Waals surface area (Å²) in [6, 6.07) is 5.16. The summed E-state index contributed by atoms with van der Waals surface area (Å²) in [6.45, 7) is 3.11. The van der Waals surface area contributed by atoms with Crippen LogP contribution in [0, 0.1) is 5.92 Å². The van der Waals surface area contributed by atoms with Crippen LogP contribution in [-0.2, 0) is 11.2 Å². The summed E-state index contributed by atoms with van der Waals surface area (Å²) in [6.07, 6.45) is 0.775. The number of rotatable bonds is 3. The van der Waals surface area contributed by atoms with Crippen molar-refractivity contribution in [1.29, 1.82) is 0 Å². The highest BCUT2D eigenvalue weighted by Crippen LogP contribution is 2.24. The zero-order valence-electron chi connectivity index (χ0n) is 10.8. The van der Waals surface area contributed by atoms with Crippen LogP contribution in [0.3, 0.4) is 0 Å². The predicted molar refractivity (Wildman–Crippen MR) is 76.5 cm³/mol. The molecule has 0 bridgehead atoms. The zero-order valence-corrected chi connectivity index (χ0v) is 12.3. The maximum absolute atomic E-state index is 12.2. The van der Waals surface area contributed by atoms with E-state index in [1.54, 1.807) is 30.0 Å². The Morgan fingerprint density at radius 3 is 2.84 bits per heavy atom. The van der Waals surface area contributed by atoms with Crippen LogP contribution in [0.2, 0.25) is 10.0 Å². The second-order valence-electron chi connectivity index (χ2n) is 5.04. The lowest BCUT2D eigenvalue weighted by molar-refractivity contribution is -0.129. The molecule has 0 spiro atoms. The van der Waals surface area contributed by atoms with Crippen LogP contribution in [0.4, 0.5) is 0 Å². The number of likely N-dealkylation sites (tertiary alicyclic amines) is 1. The highest BCUT2D eigenvalue weighted by atomic mass is 35.5. The highest BCUT2D eigenvalue weighted by Gasteiger charge is 2.29. The molecule has 1 heterocycles. The number of aliphatic hydroxyl groups excluding tert-OH is 1. The maximum atomic E-state index is 12.2. The van der Waals surface area contributed by atoms with Gasteiger partial charge in [0.05, 0.1) is 12.5 Å². The van der Waals surface area contributed by atoms with Gasteiger partial charge in [0.25, 0.3) is 0 Å². The normalized spacial score (nSPS) is 20.6. The Labute approximate surface area is 123 Å². The Hall–Kier alpha value is -0.770. The number of carbonyl (C=O) groups is 1. The van der Waals surface area contributed by atoms with Gasteiger partial charge < -0.3 is 10.0 Å². The topological polar surface area (TPSA) is 40.5 Å². The van der Waals surface area contributed by atoms with Gasteiger partial charge in [0.2, 0.25) is 5.91 Å². The molecule has 2 rings (SSSR count). The van der Waals surface area contributed by atoms with E-state index < -0.39 is 0 Å².